The van der Waals surface area contributed by atoms with Gasteiger partial charge in [-0.05, 0) is 19.3 Å². The van der Waals surface area contributed by atoms with E-state index in [1.165, 1.54) is 0 Å². The molecule has 3 N–H and O–H groups in total. The summed E-state index contributed by atoms with van der Waals surface area (Å²) < 4.78 is 0. The summed E-state index contributed by atoms with van der Waals surface area (Å²) >= 11 is 0. The van der Waals surface area contributed by atoms with Gasteiger partial charge in [-0.2, -0.15) is 0 Å². The molecule has 0 unspecified atom stereocenters. The van der Waals surface area contributed by atoms with Crippen LogP contribution in [0.25, 0.3) is 0 Å². The van der Waals surface area contributed by atoms with Crippen molar-refractivity contribution in [2.75, 3.05) is 6.54 Å². The molecule has 7 heteroatoms. The highest BCUT2D eigenvalue weighted by atomic mass is 16.2. The molecule has 2 amide bonds. The van der Waals surface area contributed by atoms with Crippen LogP contribution in [-0.2, 0) is 4.79 Å². The molecule has 7 nitrogen and oxygen atoms in total. The first-order chi connectivity index (χ1) is 9.56. The van der Waals surface area contributed by atoms with Crippen molar-refractivity contribution in [2.45, 2.75) is 51.5 Å². The van der Waals surface area contributed by atoms with Gasteiger partial charge in [0, 0.05) is 24.9 Å². The maximum absolute atomic E-state index is 11.8. The van der Waals surface area contributed by atoms with Crippen molar-refractivity contribution in [3.05, 3.63) is 11.6 Å². The normalized spacial score (nSPS) is 14.3. The first kappa shape index (κ1) is 14.5. The van der Waals surface area contributed by atoms with Gasteiger partial charge in [-0.25, -0.2) is 4.98 Å². The Balaban J connectivity index is 1.64. The lowest BCUT2D eigenvalue weighted by molar-refractivity contribution is -0.121. The van der Waals surface area contributed by atoms with E-state index in [9.17, 15) is 9.59 Å². The molecule has 0 radical (unpaired) electrons. The minimum absolute atomic E-state index is 0.0572. The predicted octanol–water partition coefficient (Wildman–Crippen LogP) is 0.717. The van der Waals surface area contributed by atoms with Gasteiger partial charge in [0.1, 0.15) is 5.82 Å². The van der Waals surface area contributed by atoms with Crippen LogP contribution in [0, 0.1) is 0 Å². The van der Waals surface area contributed by atoms with Crippen LogP contribution in [0.1, 0.15) is 61.9 Å². The number of nitrogens with one attached hydrogen (secondary N) is 3. The molecule has 1 aromatic heterocycles. The summed E-state index contributed by atoms with van der Waals surface area (Å²) in [5.41, 5.74) is 0. The summed E-state index contributed by atoms with van der Waals surface area (Å²) in [6.45, 7) is 4.39. The van der Waals surface area contributed by atoms with Crippen molar-refractivity contribution < 1.29 is 9.59 Å². The quantitative estimate of drug-likeness (QED) is 0.640. The fourth-order valence-corrected chi connectivity index (χ4v) is 1.69. The van der Waals surface area contributed by atoms with Gasteiger partial charge < -0.3 is 10.6 Å². The fraction of sp³-hybridized carbons (Fsp3) is 0.692. The molecule has 0 atom stereocenters. The lowest BCUT2D eigenvalue weighted by Gasteiger charge is -2.04. The van der Waals surface area contributed by atoms with Crippen LogP contribution in [-0.4, -0.2) is 39.6 Å². The van der Waals surface area contributed by atoms with E-state index in [1.54, 1.807) is 0 Å². The van der Waals surface area contributed by atoms with Crippen LogP contribution in [0.5, 0.6) is 0 Å². The van der Waals surface area contributed by atoms with Crippen LogP contribution < -0.4 is 10.6 Å². The topological polar surface area (TPSA) is 99.8 Å². The van der Waals surface area contributed by atoms with Crippen molar-refractivity contribution in [3.8, 4) is 0 Å². The smallest absolute Gasteiger partial charge is 0.290 e. The van der Waals surface area contributed by atoms with Gasteiger partial charge in [0.05, 0.1) is 0 Å². The Labute approximate surface area is 117 Å². The van der Waals surface area contributed by atoms with Gasteiger partial charge >= 0.3 is 0 Å². The minimum Gasteiger partial charge on any atom is -0.353 e. The van der Waals surface area contributed by atoms with E-state index >= 15 is 0 Å². The maximum Gasteiger partial charge on any atom is 0.290 e. The number of nitrogens with zero attached hydrogens (tertiary/aromatic N) is 2. The molecular formula is C13H21N5O2. The molecule has 1 aliphatic rings. The van der Waals surface area contributed by atoms with Gasteiger partial charge in [0.25, 0.3) is 5.91 Å². The van der Waals surface area contributed by atoms with E-state index in [4.69, 9.17) is 0 Å². The molecule has 0 aromatic carbocycles. The number of carbonyl (C=O) groups is 2. The number of carbonyl (C=O) groups excluding carboxylic acids is 2. The molecule has 0 spiro atoms. The van der Waals surface area contributed by atoms with Crippen LogP contribution in [0.3, 0.4) is 0 Å². The highest BCUT2D eigenvalue weighted by Crippen LogP contribution is 2.18. The van der Waals surface area contributed by atoms with Crippen molar-refractivity contribution in [3.63, 3.8) is 0 Å². The number of hydrogen-bond acceptors (Lipinski definition) is 4. The molecule has 2 rings (SSSR count). The van der Waals surface area contributed by atoms with Crippen molar-refractivity contribution in [2.24, 2.45) is 0 Å². The van der Waals surface area contributed by atoms with Gasteiger partial charge in [0.15, 0.2) is 0 Å². The Morgan fingerprint density at radius 1 is 1.40 bits per heavy atom. The second-order valence-corrected chi connectivity index (χ2v) is 5.40. The van der Waals surface area contributed by atoms with E-state index in [2.05, 4.69) is 25.8 Å². The molecule has 1 fully saturated rings. The van der Waals surface area contributed by atoms with Crippen molar-refractivity contribution in [1.29, 1.82) is 0 Å². The number of aromatic amines is 1. The summed E-state index contributed by atoms with van der Waals surface area (Å²) in [4.78, 5) is 27.3. The number of hydrogen-bond donors (Lipinski definition) is 3. The summed E-state index contributed by atoms with van der Waals surface area (Å²) in [5, 5.41) is 12.2. The number of aromatic nitrogens is 3. The zero-order valence-corrected chi connectivity index (χ0v) is 11.9. The Kier molecular flexibility index (Phi) is 4.70. The van der Waals surface area contributed by atoms with Crippen LogP contribution in [0.2, 0.25) is 0 Å². The molecule has 0 bridgehead atoms. The molecule has 1 heterocycles. The number of H-pyrrole nitrogens is 1. The SMILES string of the molecule is CC(C)c1nc(C(=O)NCCCC(=O)NC2CC2)n[nH]1. The molecule has 1 aromatic rings. The largest absolute Gasteiger partial charge is 0.353 e. The van der Waals surface area contributed by atoms with Crippen LogP contribution >= 0.6 is 0 Å². The third-order valence-corrected chi connectivity index (χ3v) is 3.06. The molecule has 1 saturated carbocycles. The fourth-order valence-electron chi connectivity index (χ4n) is 1.69. The molecule has 0 saturated heterocycles. The minimum atomic E-state index is -0.309. The summed E-state index contributed by atoms with van der Waals surface area (Å²) in [5.74, 6) is 0.794. The monoisotopic (exact) mass is 279 g/mol. The predicted molar refractivity (Wildman–Crippen MR) is 73.2 cm³/mol. The second-order valence-electron chi connectivity index (χ2n) is 5.40. The van der Waals surface area contributed by atoms with Crippen LogP contribution in [0.15, 0.2) is 0 Å². The molecule has 1 aliphatic carbocycles. The van der Waals surface area contributed by atoms with E-state index in [1.807, 2.05) is 13.8 Å². The summed E-state index contributed by atoms with van der Waals surface area (Å²) in [7, 11) is 0. The van der Waals surface area contributed by atoms with Gasteiger partial charge in [-0.15, -0.1) is 5.10 Å². The lowest BCUT2D eigenvalue weighted by atomic mass is 10.2. The average molecular weight is 279 g/mol. The van der Waals surface area contributed by atoms with E-state index in [0.29, 0.717) is 31.3 Å². The third-order valence-electron chi connectivity index (χ3n) is 3.06. The molecular weight excluding hydrogens is 258 g/mol. The Bertz CT molecular complexity index is 479. The van der Waals surface area contributed by atoms with Gasteiger partial charge in [0.2, 0.25) is 11.7 Å². The number of amides is 2. The van der Waals surface area contributed by atoms with Gasteiger partial charge in [-0.3, -0.25) is 14.7 Å². The second kappa shape index (κ2) is 6.49. The summed E-state index contributed by atoms with van der Waals surface area (Å²) in [6, 6.07) is 0.389. The first-order valence-corrected chi connectivity index (χ1v) is 7.06. The average Bonchev–Trinajstić information content (AvgIpc) is 3.07. The van der Waals surface area contributed by atoms with E-state index in [-0.39, 0.29) is 23.6 Å². The zero-order chi connectivity index (χ0) is 14.5. The van der Waals surface area contributed by atoms with Crippen LogP contribution in [0.4, 0.5) is 0 Å². The maximum atomic E-state index is 11.8. The molecule has 0 aliphatic heterocycles. The van der Waals surface area contributed by atoms with E-state index in [0.717, 1.165) is 12.8 Å². The van der Waals surface area contributed by atoms with Crippen molar-refractivity contribution >= 4 is 11.8 Å². The highest BCUT2D eigenvalue weighted by Gasteiger charge is 2.22. The lowest BCUT2D eigenvalue weighted by Crippen LogP contribution is -2.29. The van der Waals surface area contributed by atoms with Crippen molar-refractivity contribution in [1.82, 2.24) is 25.8 Å². The Hall–Kier alpha value is -1.92. The Morgan fingerprint density at radius 3 is 2.75 bits per heavy atom. The highest BCUT2D eigenvalue weighted by molar-refractivity contribution is 5.90. The molecule has 20 heavy (non-hydrogen) atoms. The third kappa shape index (κ3) is 4.32. The Morgan fingerprint density at radius 2 is 2.15 bits per heavy atom. The summed E-state index contributed by atoms with van der Waals surface area (Å²) in [6.07, 6.45) is 3.23. The van der Waals surface area contributed by atoms with Gasteiger partial charge in [-0.1, -0.05) is 13.8 Å². The standard InChI is InChI=1S/C13H21N5O2/c1-8(2)11-16-12(18-17-11)13(20)14-7-3-4-10(19)15-9-5-6-9/h8-9H,3-7H2,1-2H3,(H,14,20)(H,15,19)(H,16,17,18). The molecule has 110 valence electrons. The van der Waals surface area contributed by atoms with E-state index < -0.39 is 0 Å². The first-order valence-electron chi connectivity index (χ1n) is 7.06. The number of rotatable bonds is 7. The zero-order valence-electron chi connectivity index (χ0n) is 11.9.